The zero-order valence-electron chi connectivity index (χ0n) is 39.4. The zero-order chi connectivity index (χ0) is 45.8. The van der Waals surface area contributed by atoms with Crippen LogP contribution in [0.3, 0.4) is 0 Å². The van der Waals surface area contributed by atoms with Gasteiger partial charge in [-0.15, -0.1) is 0 Å². The summed E-state index contributed by atoms with van der Waals surface area (Å²) >= 11 is 0. The van der Waals surface area contributed by atoms with E-state index in [4.69, 9.17) is 8.83 Å². The van der Waals surface area contributed by atoms with Gasteiger partial charge in [-0.05, 0) is 121 Å². The maximum absolute atomic E-state index is 7.02. The van der Waals surface area contributed by atoms with Gasteiger partial charge in [-0.3, -0.25) is 4.90 Å². The van der Waals surface area contributed by atoms with Crippen molar-refractivity contribution in [1.29, 1.82) is 0 Å². The average molecular weight is 870 g/mol. The maximum Gasteiger partial charge on any atom is 0.203 e. The van der Waals surface area contributed by atoms with Gasteiger partial charge in [0.25, 0.3) is 0 Å². The van der Waals surface area contributed by atoms with Crippen molar-refractivity contribution >= 4 is 79.7 Å². The lowest BCUT2D eigenvalue weighted by Gasteiger charge is -2.42. The number of furan rings is 2. The molecule has 12 rings (SSSR count). The van der Waals surface area contributed by atoms with Crippen LogP contribution in [0.15, 0.2) is 179 Å². The number of para-hydroxylation sites is 2. The molecular formula is C62H54BN2O2. The minimum atomic E-state index is -0.0624. The van der Waals surface area contributed by atoms with E-state index in [9.17, 15) is 0 Å². The number of nitrogens with one attached hydrogen (secondary N) is 1. The second-order valence-corrected chi connectivity index (χ2v) is 21.1. The van der Waals surface area contributed by atoms with Gasteiger partial charge in [0.05, 0.1) is 5.69 Å². The monoisotopic (exact) mass is 869 g/mol. The first-order valence-electron chi connectivity index (χ1n) is 23.8. The van der Waals surface area contributed by atoms with Crippen LogP contribution in [0.25, 0.3) is 66.3 Å². The molecule has 0 saturated carbocycles. The van der Waals surface area contributed by atoms with Crippen LogP contribution < -0.4 is 21.1 Å². The van der Waals surface area contributed by atoms with E-state index >= 15 is 0 Å². The highest BCUT2D eigenvalue weighted by atomic mass is 16.4. The number of fused-ring (bicyclic) bond motifs is 8. The smallest absolute Gasteiger partial charge is 0.203 e. The lowest BCUT2D eigenvalue weighted by molar-refractivity contribution is 0.332. The Balaban J connectivity index is 1.17. The van der Waals surface area contributed by atoms with Crippen LogP contribution in [0.4, 0.5) is 28.6 Å². The van der Waals surface area contributed by atoms with Crippen LogP contribution in [0, 0.1) is 0 Å². The summed E-state index contributed by atoms with van der Waals surface area (Å²) in [5, 5.41) is 7.30. The minimum Gasteiger partial charge on any atom is -0.456 e. The Labute approximate surface area is 394 Å². The summed E-state index contributed by atoms with van der Waals surface area (Å²) in [7, 11) is 2.37. The van der Waals surface area contributed by atoms with Crippen molar-refractivity contribution in [3.05, 3.63) is 187 Å². The normalized spacial score (nSPS) is 15.0. The standard InChI is InChI=1S/C62H54BN2O2/c1-60(2,3)41-27-31-50(46(35-41)39-20-12-9-13-21-39)65-51-37-54-55(44-22-14-16-24-52(44)66-54)56(58(51)63-57-45-23-15-17-25-53(45)67-59(57)65)43-29-26-40(38-18-10-8-11-19-38)34-49(43)64-42-28-30-47-48(36-42)62(6,7)33-32-61(47,4)5/h8-31,34-37,64H,32-33H2,1-7H3. The Morgan fingerprint density at radius 1 is 0.522 bits per heavy atom. The lowest BCUT2D eigenvalue weighted by Crippen LogP contribution is -2.40. The fourth-order valence-corrected chi connectivity index (χ4v) is 10.9. The van der Waals surface area contributed by atoms with Crippen molar-refractivity contribution in [2.75, 3.05) is 10.2 Å². The molecule has 0 spiro atoms. The number of nitrogens with zero attached hydrogens (tertiary/aromatic N) is 1. The quantitative estimate of drug-likeness (QED) is 0.169. The van der Waals surface area contributed by atoms with Gasteiger partial charge in [0.2, 0.25) is 7.28 Å². The van der Waals surface area contributed by atoms with E-state index in [1.807, 2.05) is 0 Å². The van der Waals surface area contributed by atoms with Crippen LogP contribution in [0.2, 0.25) is 0 Å². The number of benzene rings is 8. The number of hydrogen-bond acceptors (Lipinski definition) is 4. The Morgan fingerprint density at radius 3 is 1.91 bits per heavy atom. The molecule has 1 aliphatic heterocycles. The summed E-state index contributed by atoms with van der Waals surface area (Å²) in [4.78, 5) is 2.36. The lowest BCUT2D eigenvalue weighted by atomic mass is 9.58. The van der Waals surface area contributed by atoms with E-state index < -0.39 is 0 Å². The third-order valence-corrected chi connectivity index (χ3v) is 14.7. The summed E-state index contributed by atoms with van der Waals surface area (Å²) in [5.74, 6) is 0.785. The van der Waals surface area contributed by atoms with Gasteiger partial charge in [0.1, 0.15) is 16.7 Å². The molecule has 8 aromatic carbocycles. The van der Waals surface area contributed by atoms with Crippen molar-refractivity contribution < 1.29 is 8.83 Å². The fraction of sp³-hybridized carbons (Fsp3) is 0.194. The first-order chi connectivity index (χ1) is 32.3. The molecule has 0 amide bonds. The van der Waals surface area contributed by atoms with Crippen LogP contribution in [-0.2, 0) is 16.2 Å². The van der Waals surface area contributed by atoms with E-state index in [1.165, 1.54) is 28.7 Å². The molecule has 10 aromatic rings. The highest BCUT2D eigenvalue weighted by molar-refractivity contribution is 6.76. The van der Waals surface area contributed by atoms with Crippen LogP contribution >= 0.6 is 0 Å². The number of rotatable bonds is 6. The predicted octanol–water partition coefficient (Wildman–Crippen LogP) is 16.2. The van der Waals surface area contributed by atoms with Crippen LogP contribution in [-0.4, -0.2) is 7.28 Å². The molecule has 3 heterocycles. The van der Waals surface area contributed by atoms with Gasteiger partial charge >= 0.3 is 0 Å². The topological polar surface area (TPSA) is 41.6 Å². The molecule has 1 N–H and O–H groups in total. The first kappa shape index (κ1) is 41.2. The van der Waals surface area contributed by atoms with Gasteiger partial charge in [0, 0.05) is 50.4 Å². The summed E-state index contributed by atoms with van der Waals surface area (Å²) in [6.45, 7) is 16.4. The summed E-state index contributed by atoms with van der Waals surface area (Å²) in [6, 6.07) is 61.6. The summed E-state index contributed by atoms with van der Waals surface area (Å²) in [6.07, 6.45) is 2.32. The largest absolute Gasteiger partial charge is 0.456 e. The van der Waals surface area contributed by atoms with E-state index in [-0.39, 0.29) is 16.2 Å². The van der Waals surface area contributed by atoms with Crippen LogP contribution in [0.5, 0.6) is 0 Å². The van der Waals surface area contributed by atoms with Gasteiger partial charge in [-0.25, -0.2) is 0 Å². The second kappa shape index (κ2) is 15.2. The number of anilines is 5. The van der Waals surface area contributed by atoms with Crippen molar-refractivity contribution in [2.45, 2.75) is 77.6 Å². The molecule has 2 aromatic heterocycles. The highest BCUT2D eigenvalue weighted by Gasteiger charge is 2.38. The Kier molecular flexibility index (Phi) is 9.32. The molecule has 1 aliphatic carbocycles. The van der Waals surface area contributed by atoms with Gasteiger partial charge < -0.3 is 14.2 Å². The maximum atomic E-state index is 7.02. The zero-order valence-corrected chi connectivity index (χ0v) is 39.4. The van der Waals surface area contributed by atoms with Crippen molar-refractivity contribution in [2.24, 2.45) is 0 Å². The van der Waals surface area contributed by atoms with Gasteiger partial charge in [-0.1, -0.05) is 170 Å². The molecule has 67 heavy (non-hydrogen) atoms. The molecule has 2 aliphatic rings. The van der Waals surface area contributed by atoms with E-state index in [2.05, 4.69) is 236 Å². The van der Waals surface area contributed by atoms with Gasteiger partial charge in [0.15, 0.2) is 5.88 Å². The molecule has 5 heteroatoms. The Morgan fingerprint density at radius 2 is 1.18 bits per heavy atom. The molecule has 1 radical (unpaired) electrons. The fourth-order valence-electron chi connectivity index (χ4n) is 10.9. The molecule has 0 atom stereocenters. The highest BCUT2D eigenvalue weighted by Crippen LogP contribution is 2.51. The van der Waals surface area contributed by atoms with E-state index in [1.54, 1.807) is 0 Å². The molecule has 0 saturated heterocycles. The van der Waals surface area contributed by atoms with Crippen LogP contribution in [0.1, 0.15) is 78.0 Å². The first-order valence-corrected chi connectivity index (χ1v) is 23.8. The van der Waals surface area contributed by atoms with Crippen molar-refractivity contribution in [1.82, 2.24) is 0 Å². The van der Waals surface area contributed by atoms with E-state index in [0.29, 0.717) is 0 Å². The van der Waals surface area contributed by atoms with Crippen molar-refractivity contribution in [3.8, 4) is 33.4 Å². The molecule has 0 bridgehead atoms. The average Bonchev–Trinajstić information content (AvgIpc) is 3.90. The molecule has 4 nitrogen and oxygen atoms in total. The SMILES string of the molecule is CC(C)(C)c1ccc(N2c3cc4oc5ccccc5c4c(-c4ccc(-c5ccccc5)cc4Nc4ccc5c(c4)C(C)(C)CCC5(C)C)c3[B]c3c2oc2ccccc32)c(-c2ccccc2)c1. The minimum absolute atomic E-state index is 0.0603. The number of hydrogen-bond donors (Lipinski definition) is 1. The molecule has 327 valence electrons. The Hall–Kier alpha value is -7.24. The Bertz CT molecular complexity index is 3570. The van der Waals surface area contributed by atoms with Crippen molar-refractivity contribution in [3.63, 3.8) is 0 Å². The van der Waals surface area contributed by atoms with E-state index in [0.717, 1.165) is 107 Å². The summed E-state index contributed by atoms with van der Waals surface area (Å²) < 4.78 is 14.0. The molecule has 0 fully saturated rings. The van der Waals surface area contributed by atoms with Gasteiger partial charge in [-0.2, -0.15) is 0 Å². The molecular weight excluding hydrogens is 816 g/mol. The third-order valence-electron chi connectivity index (χ3n) is 14.7. The third kappa shape index (κ3) is 6.81. The molecule has 0 unspecified atom stereocenters. The predicted molar refractivity (Wildman–Crippen MR) is 283 cm³/mol. The second-order valence-electron chi connectivity index (χ2n) is 21.1. The summed E-state index contributed by atoms with van der Waals surface area (Å²) in [5.41, 5.74) is 19.8.